The third-order valence-electron chi connectivity index (χ3n) is 6.62. The average molecular weight is 480 g/mol. The molecule has 10 nitrogen and oxygen atoms in total. The number of ether oxygens (including phenoxy) is 3. The molecule has 0 aromatic carbocycles. The molecule has 0 atom stereocenters. The van der Waals surface area contributed by atoms with Gasteiger partial charge in [-0.15, -0.1) is 0 Å². The molecule has 0 unspecified atom stereocenters. The number of anilines is 1. The van der Waals surface area contributed by atoms with E-state index >= 15 is 0 Å². The van der Waals surface area contributed by atoms with Crippen LogP contribution < -0.4 is 10.1 Å². The Bertz CT molecular complexity index is 1010. The number of nitrogens with zero attached hydrogens (tertiary/aromatic N) is 6. The van der Waals surface area contributed by atoms with E-state index in [0.717, 1.165) is 38.0 Å². The summed E-state index contributed by atoms with van der Waals surface area (Å²) in [7, 11) is 1.70. The first kappa shape index (κ1) is 24.9. The largest absolute Gasteiger partial charge is 0.476 e. The lowest BCUT2D eigenvalue weighted by Gasteiger charge is -2.30. The van der Waals surface area contributed by atoms with Crippen LogP contribution in [0.2, 0.25) is 0 Å². The second-order valence-electron chi connectivity index (χ2n) is 9.13. The first-order chi connectivity index (χ1) is 17.2. The van der Waals surface area contributed by atoms with Crippen molar-refractivity contribution in [2.24, 2.45) is 16.3 Å². The molecule has 4 rings (SSSR count). The highest BCUT2D eigenvalue weighted by molar-refractivity contribution is 5.61. The standard InChI is InChI=1S/C25H33N7O3/c1-33-11-8-27-14-19-2-4-20(5-3-19)32-23-12-21(28-17-30-23)22-13-24(31-18-29-22)35-16-25(15-26)6-9-34-10-7-25/h12-14,17-20H,2-11,16H2,1H3,(H,28,30,32). The smallest absolute Gasteiger partial charge is 0.217 e. The van der Waals surface area contributed by atoms with Gasteiger partial charge in [0.05, 0.1) is 36.0 Å². The number of rotatable bonds is 10. The molecule has 186 valence electrons. The molecule has 0 bridgehead atoms. The molecular weight excluding hydrogens is 446 g/mol. The number of aliphatic imine (C=N–C) groups is 1. The van der Waals surface area contributed by atoms with Crippen LogP contribution >= 0.6 is 0 Å². The molecule has 2 aromatic rings. The highest BCUT2D eigenvalue weighted by Crippen LogP contribution is 2.31. The first-order valence-electron chi connectivity index (χ1n) is 12.2. The molecule has 2 aromatic heterocycles. The maximum absolute atomic E-state index is 9.64. The summed E-state index contributed by atoms with van der Waals surface area (Å²) in [6.07, 6.45) is 10.8. The minimum absolute atomic E-state index is 0.277. The summed E-state index contributed by atoms with van der Waals surface area (Å²) < 4.78 is 16.3. The van der Waals surface area contributed by atoms with Gasteiger partial charge in [0, 0.05) is 44.7 Å². The van der Waals surface area contributed by atoms with Gasteiger partial charge in [-0.3, -0.25) is 4.99 Å². The zero-order valence-electron chi connectivity index (χ0n) is 20.2. The van der Waals surface area contributed by atoms with Crippen molar-refractivity contribution >= 4 is 12.0 Å². The quantitative estimate of drug-likeness (QED) is 0.403. The zero-order chi connectivity index (χ0) is 24.3. The molecule has 1 aliphatic carbocycles. The van der Waals surface area contributed by atoms with E-state index < -0.39 is 5.41 Å². The summed E-state index contributed by atoms with van der Waals surface area (Å²) in [4.78, 5) is 21.8. The molecule has 1 saturated carbocycles. The zero-order valence-corrected chi connectivity index (χ0v) is 20.2. The van der Waals surface area contributed by atoms with Gasteiger partial charge in [-0.2, -0.15) is 5.26 Å². The Labute approximate surface area is 206 Å². The van der Waals surface area contributed by atoms with Crippen LogP contribution in [0.15, 0.2) is 29.8 Å². The lowest BCUT2D eigenvalue weighted by molar-refractivity contribution is 0.0183. The molecule has 1 aliphatic heterocycles. The van der Waals surface area contributed by atoms with Crippen LogP contribution in [-0.2, 0) is 9.47 Å². The van der Waals surface area contributed by atoms with E-state index in [9.17, 15) is 5.26 Å². The van der Waals surface area contributed by atoms with Crippen LogP contribution in [0, 0.1) is 22.7 Å². The number of nitrogens with one attached hydrogen (secondary N) is 1. The summed E-state index contributed by atoms with van der Waals surface area (Å²) in [5.74, 6) is 1.74. The van der Waals surface area contributed by atoms with Gasteiger partial charge in [-0.1, -0.05) is 0 Å². The molecule has 0 radical (unpaired) electrons. The highest BCUT2D eigenvalue weighted by Gasteiger charge is 2.34. The molecule has 1 saturated heterocycles. The minimum atomic E-state index is -0.538. The lowest BCUT2D eigenvalue weighted by Crippen LogP contribution is -2.34. The van der Waals surface area contributed by atoms with E-state index in [4.69, 9.17) is 14.2 Å². The fourth-order valence-corrected chi connectivity index (χ4v) is 4.39. The first-order valence-corrected chi connectivity index (χ1v) is 12.2. The summed E-state index contributed by atoms with van der Waals surface area (Å²) in [6, 6.07) is 6.43. The van der Waals surface area contributed by atoms with Crippen molar-refractivity contribution in [3.8, 4) is 23.3 Å². The van der Waals surface area contributed by atoms with Gasteiger partial charge in [0.2, 0.25) is 5.88 Å². The highest BCUT2D eigenvalue weighted by atomic mass is 16.5. The number of hydrogen-bond donors (Lipinski definition) is 1. The Morgan fingerprint density at radius 2 is 1.86 bits per heavy atom. The molecule has 35 heavy (non-hydrogen) atoms. The minimum Gasteiger partial charge on any atom is -0.476 e. The van der Waals surface area contributed by atoms with Crippen LogP contribution in [0.3, 0.4) is 0 Å². The van der Waals surface area contributed by atoms with Crippen molar-refractivity contribution in [1.29, 1.82) is 5.26 Å². The van der Waals surface area contributed by atoms with Gasteiger partial charge < -0.3 is 19.5 Å². The van der Waals surface area contributed by atoms with E-state index in [1.807, 2.05) is 6.07 Å². The Kier molecular flexibility index (Phi) is 8.92. The van der Waals surface area contributed by atoms with Crippen LogP contribution in [0.1, 0.15) is 38.5 Å². The third-order valence-corrected chi connectivity index (χ3v) is 6.62. The normalized spacial score (nSPS) is 21.9. The van der Waals surface area contributed by atoms with Crippen LogP contribution in [0.25, 0.3) is 11.4 Å². The van der Waals surface area contributed by atoms with Crippen molar-refractivity contribution in [3.63, 3.8) is 0 Å². The summed E-state index contributed by atoms with van der Waals surface area (Å²) >= 11 is 0. The monoisotopic (exact) mass is 479 g/mol. The third kappa shape index (κ3) is 7.16. The van der Waals surface area contributed by atoms with Crippen molar-refractivity contribution in [2.45, 2.75) is 44.6 Å². The van der Waals surface area contributed by atoms with E-state index in [2.05, 4.69) is 42.5 Å². The van der Waals surface area contributed by atoms with Gasteiger partial charge in [0.1, 0.15) is 25.1 Å². The van der Waals surface area contributed by atoms with Gasteiger partial charge in [-0.05, 0) is 44.4 Å². The number of nitriles is 1. The summed E-state index contributed by atoms with van der Waals surface area (Å²) in [6.45, 7) is 2.82. The van der Waals surface area contributed by atoms with Crippen LogP contribution in [0.5, 0.6) is 5.88 Å². The second kappa shape index (κ2) is 12.5. The Morgan fingerprint density at radius 1 is 1.11 bits per heavy atom. The van der Waals surface area contributed by atoms with Gasteiger partial charge in [0.15, 0.2) is 0 Å². The van der Waals surface area contributed by atoms with Crippen molar-refractivity contribution in [3.05, 3.63) is 24.8 Å². The van der Waals surface area contributed by atoms with E-state index in [1.165, 1.54) is 6.33 Å². The number of aromatic nitrogens is 4. The Hall–Kier alpha value is -3.16. The molecule has 1 N–H and O–H groups in total. The fraction of sp³-hybridized carbons (Fsp3) is 0.600. The van der Waals surface area contributed by atoms with Gasteiger partial charge in [-0.25, -0.2) is 19.9 Å². The molecule has 3 heterocycles. The average Bonchev–Trinajstić information content (AvgIpc) is 2.92. The van der Waals surface area contributed by atoms with Crippen molar-refractivity contribution < 1.29 is 14.2 Å². The Morgan fingerprint density at radius 3 is 2.60 bits per heavy atom. The van der Waals surface area contributed by atoms with E-state index in [1.54, 1.807) is 19.5 Å². The molecule has 0 spiro atoms. The number of hydrogen-bond acceptors (Lipinski definition) is 10. The molecule has 0 amide bonds. The molecular formula is C25H33N7O3. The summed E-state index contributed by atoms with van der Waals surface area (Å²) in [5, 5.41) is 13.2. The van der Waals surface area contributed by atoms with E-state index in [-0.39, 0.29) is 6.61 Å². The van der Waals surface area contributed by atoms with Crippen LogP contribution in [0.4, 0.5) is 5.82 Å². The Balaban J connectivity index is 1.33. The molecule has 10 heteroatoms. The van der Waals surface area contributed by atoms with Crippen molar-refractivity contribution in [1.82, 2.24) is 19.9 Å². The molecule has 2 fully saturated rings. The number of methoxy groups -OCH3 is 1. The fourth-order valence-electron chi connectivity index (χ4n) is 4.39. The topological polar surface area (TPSA) is 127 Å². The second-order valence-corrected chi connectivity index (χ2v) is 9.13. The maximum Gasteiger partial charge on any atom is 0.217 e. The van der Waals surface area contributed by atoms with Gasteiger partial charge in [0.25, 0.3) is 0 Å². The van der Waals surface area contributed by atoms with Crippen LogP contribution in [-0.4, -0.2) is 72.3 Å². The van der Waals surface area contributed by atoms with Gasteiger partial charge >= 0.3 is 0 Å². The lowest BCUT2D eigenvalue weighted by atomic mass is 9.83. The predicted molar refractivity (Wildman–Crippen MR) is 131 cm³/mol. The van der Waals surface area contributed by atoms with Crippen molar-refractivity contribution in [2.75, 3.05) is 45.4 Å². The van der Waals surface area contributed by atoms with E-state index in [0.29, 0.717) is 61.9 Å². The summed E-state index contributed by atoms with van der Waals surface area (Å²) in [5.41, 5.74) is 0.800. The SMILES string of the molecule is COCCN=CC1CCC(Nc2cc(-c3cc(OCC4(C#N)CCOCC4)ncn3)ncn2)CC1. The maximum atomic E-state index is 9.64. The molecule has 2 aliphatic rings. The predicted octanol–water partition coefficient (Wildman–Crippen LogP) is 3.32.